The van der Waals surface area contributed by atoms with Gasteiger partial charge in [0.25, 0.3) is 5.91 Å². The van der Waals surface area contributed by atoms with Crippen molar-refractivity contribution in [1.82, 2.24) is 4.90 Å². The molecule has 0 saturated carbocycles. The van der Waals surface area contributed by atoms with E-state index in [0.29, 0.717) is 11.3 Å². The molecule has 2 aromatic carbocycles. The second kappa shape index (κ2) is 8.75. The van der Waals surface area contributed by atoms with Crippen LogP contribution in [0.3, 0.4) is 0 Å². The first-order chi connectivity index (χ1) is 14.5. The van der Waals surface area contributed by atoms with E-state index in [0.717, 1.165) is 22.9 Å². The van der Waals surface area contributed by atoms with Crippen LogP contribution >= 0.6 is 11.3 Å². The van der Waals surface area contributed by atoms with Gasteiger partial charge in [-0.15, -0.1) is 11.3 Å². The third-order valence-corrected chi connectivity index (χ3v) is 5.80. The molecule has 1 aromatic heterocycles. The predicted molar refractivity (Wildman–Crippen MR) is 113 cm³/mol. The fourth-order valence-electron chi connectivity index (χ4n) is 3.32. The lowest BCUT2D eigenvalue weighted by Gasteiger charge is -2.24. The smallest absolute Gasteiger partial charge is 0.264 e. The van der Waals surface area contributed by atoms with Crippen molar-refractivity contribution in [2.24, 2.45) is 5.16 Å². The lowest BCUT2D eigenvalue weighted by atomic mass is 10.0. The van der Waals surface area contributed by atoms with E-state index < -0.39 is 11.6 Å². The fraction of sp³-hybridized carbons (Fsp3) is 0.217. The maximum atomic E-state index is 14.2. The summed E-state index contributed by atoms with van der Waals surface area (Å²) in [5.41, 5.74) is 3.20. The number of hydrogen-bond acceptors (Lipinski definition) is 4. The van der Waals surface area contributed by atoms with Crippen LogP contribution in [0.2, 0.25) is 0 Å². The monoisotopic (exact) mass is 426 g/mol. The van der Waals surface area contributed by atoms with E-state index in [4.69, 9.17) is 4.84 Å². The maximum absolute atomic E-state index is 14.2. The lowest BCUT2D eigenvalue weighted by Crippen LogP contribution is -2.37. The molecule has 0 unspecified atom stereocenters. The zero-order valence-corrected chi connectivity index (χ0v) is 17.2. The summed E-state index contributed by atoms with van der Waals surface area (Å²) in [7, 11) is 0. The van der Waals surface area contributed by atoms with Crippen molar-refractivity contribution < 1.29 is 18.4 Å². The first-order valence-electron chi connectivity index (χ1n) is 9.56. The number of carbonyl (C=O) groups excluding carboxylic acids is 1. The normalized spacial score (nSPS) is 15.6. The first-order valence-corrected chi connectivity index (χ1v) is 10.4. The summed E-state index contributed by atoms with van der Waals surface area (Å²) in [6.07, 6.45) is 0.206. The second-order valence-corrected chi connectivity index (χ2v) is 8.18. The third kappa shape index (κ3) is 4.57. The summed E-state index contributed by atoms with van der Waals surface area (Å²) in [6.45, 7) is 2.27. The largest absolute Gasteiger partial charge is 0.390 e. The van der Waals surface area contributed by atoms with Gasteiger partial charge in [-0.25, -0.2) is 8.78 Å². The Morgan fingerprint density at radius 1 is 1.20 bits per heavy atom. The van der Waals surface area contributed by atoms with Gasteiger partial charge >= 0.3 is 0 Å². The average molecular weight is 426 g/mol. The molecule has 0 saturated heterocycles. The number of hydrogen-bond donors (Lipinski definition) is 0. The van der Waals surface area contributed by atoms with Crippen molar-refractivity contribution in [3.8, 4) is 0 Å². The van der Waals surface area contributed by atoms with Crippen molar-refractivity contribution in [3.63, 3.8) is 0 Å². The Bertz CT molecular complexity index is 1070. The molecule has 30 heavy (non-hydrogen) atoms. The van der Waals surface area contributed by atoms with E-state index in [1.54, 1.807) is 12.1 Å². The number of oxime groups is 1. The lowest BCUT2D eigenvalue weighted by molar-refractivity contribution is 0.0406. The molecule has 0 spiro atoms. The molecule has 1 aliphatic rings. The van der Waals surface area contributed by atoms with Gasteiger partial charge in [-0.05, 0) is 30.0 Å². The Morgan fingerprint density at radius 3 is 2.70 bits per heavy atom. The highest BCUT2D eigenvalue weighted by molar-refractivity contribution is 7.12. The highest BCUT2D eigenvalue weighted by atomic mass is 32.1. The van der Waals surface area contributed by atoms with E-state index in [2.05, 4.69) is 5.16 Å². The minimum atomic E-state index is -0.678. The van der Waals surface area contributed by atoms with Gasteiger partial charge in [0.2, 0.25) is 0 Å². The maximum Gasteiger partial charge on any atom is 0.264 e. The molecule has 4 nitrogen and oxygen atoms in total. The van der Waals surface area contributed by atoms with E-state index in [9.17, 15) is 13.6 Å². The molecule has 154 valence electrons. The van der Waals surface area contributed by atoms with Crippen LogP contribution in [0, 0.1) is 18.6 Å². The van der Waals surface area contributed by atoms with Crippen LogP contribution in [0.4, 0.5) is 8.78 Å². The molecule has 7 heteroatoms. The van der Waals surface area contributed by atoms with Gasteiger partial charge in [0.15, 0.2) is 6.10 Å². The number of thiophene rings is 1. The first kappa shape index (κ1) is 20.2. The van der Waals surface area contributed by atoms with Gasteiger partial charge in [-0.1, -0.05) is 47.1 Å². The standard InChI is InChI=1S/C23H20F2N2O2S/c1-15-4-6-16(7-5-15)21-12-19(29-26-21)14-27(23(28)22-3-2-10-30-22)13-17-8-9-18(24)11-20(17)25/h2-11,19H,12-14H2,1H3/t19-/m1/s1. The van der Waals surface area contributed by atoms with E-state index in [1.165, 1.54) is 28.4 Å². The van der Waals surface area contributed by atoms with Crippen LogP contribution in [0.15, 0.2) is 65.1 Å². The molecule has 0 bridgehead atoms. The molecule has 0 radical (unpaired) electrons. The molecule has 0 fully saturated rings. The van der Waals surface area contributed by atoms with Crippen LogP contribution in [0.25, 0.3) is 0 Å². The predicted octanol–water partition coefficient (Wildman–Crippen LogP) is 5.17. The van der Waals surface area contributed by atoms with Crippen molar-refractivity contribution in [2.75, 3.05) is 6.54 Å². The number of aryl methyl sites for hydroxylation is 1. The highest BCUT2D eigenvalue weighted by Gasteiger charge is 2.28. The minimum Gasteiger partial charge on any atom is -0.390 e. The Morgan fingerprint density at radius 2 is 2.00 bits per heavy atom. The topological polar surface area (TPSA) is 41.9 Å². The fourth-order valence-corrected chi connectivity index (χ4v) is 4.01. The molecule has 2 heterocycles. The van der Waals surface area contributed by atoms with Crippen LogP contribution in [-0.2, 0) is 11.4 Å². The molecule has 0 aliphatic carbocycles. The van der Waals surface area contributed by atoms with Crippen molar-refractivity contribution in [3.05, 3.63) is 93.2 Å². The Balaban J connectivity index is 1.50. The highest BCUT2D eigenvalue weighted by Crippen LogP contribution is 2.22. The molecular formula is C23H20F2N2O2S. The van der Waals surface area contributed by atoms with Crippen LogP contribution in [0.5, 0.6) is 0 Å². The summed E-state index contributed by atoms with van der Waals surface area (Å²) < 4.78 is 27.5. The summed E-state index contributed by atoms with van der Waals surface area (Å²) >= 11 is 1.32. The van der Waals surface area contributed by atoms with Gasteiger partial charge in [0, 0.05) is 24.6 Å². The second-order valence-electron chi connectivity index (χ2n) is 7.23. The van der Waals surface area contributed by atoms with Gasteiger partial charge in [-0.2, -0.15) is 0 Å². The summed E-state index contributed by atoms with van der Waals surface area (Å²) in [4.78, 5) is 20.7. The van der Waals surface area contributed by atoms with Crippen molar-refractivity contribution in [1.29, 1.82) is 0 Å². The SMILES string of the molecule is Cc1ccc(C2=NO[C@@H](CN(Cc3ccc(F)cc3F)C(=O)c3cccs3)C2)cc1. The van der Waals surface area contributed by atoms with Gasteiger partial charge in [-0.3, -0.25) is 4.79 Å². The molecule has 1 aliphatic heterocycles. The minimum absolute atomic E-state index is 0.0164. The average Bonchev–Trinajstić information content (AvgIpc) is 3.42. The molecule has 1 atom stereocenters. The Hall–Kier alpha value is -3.06. The molecule has 1 amide bonds. The number of benzene rings is 2. The summed E-state index contributed by atoms with van der Waals surface area (Å²) in [5, 5.41) is 6.00. The van der Waals surface area contributed by atoms with E-state index in [1.807, 2.05) is 36.6 Å². The summed E-state index contributed by atoms with van der Waals surface area (Å²) in [6, 6.07) is 14.9. The Labute approximate surface area is 177 Å². The van der Waals surface area contributed by atoms with Crippen LogP contribution < -0.4 is 0 Å². The number of rotatable bonds is 6. The number of nitrogens with zero attached hydrogens (tertiary/aromatic N) is 2. The van der Waals surface area contributed by atoms with Crippen LogP contribution in [-0.4, -0.2) is 29.2 Å². The van der Waals surface area contributed by atoms with Crippen molar-refractivity contribution >= 4 is 23.0 Å². The third-order valence-electron chi connectivity index (χ3n) is 4.94. The molecule has 0 N–H and O–H groups in total. The van der Waals surface area contributed by atoms with Gasteiger partial charge in [0.1, 0.15) is 11.6 Å². The quantitative estimate of drug-likeness (QED) is 0.546. The van der Waals surface area contributed by atoms with E-state index in [-0.39, 0.29) is 30.7 Å². The van der Waals surface area contributed by atoms with Crippen LogP contribution in [0.1, 0.15) is 32.8 Å². The zero-order chi connectivity index (χ0) is 21.1. The molecular weight excluding hydrogens is 406 g/mol. The molecule has 3 aromatic rings. The zero-order valence-electron chi connectivity index (χ0n) is 16.3. The molecule has 4 rings (SSSR count). The van der Waals surface area contributed by atoms with E-state index >= 15 is 0 Å². The Kier molecular flexibility index (Phi) is 5.90. The number of halogens is 2. The van der Waals surface area contributed by atoms with Gasteiger partial charge in [0.05, 0.1) is 17.1 Å². The number of amides is 1. The number of carbonyl (C=O) groups is 1. The summed E-state index contributed by atoms with van der Waals surface area (Å²) in [5.74, 6) is -1.55. The van der Waals surface area contributed by atoms with Gasteiger partial charge < -0.3 is 9.74 Å². The van der Waals surface area contributed by atoms with Crippen molar-refractivity contribution in [2.45, 2.75) is 26.0 Å².